The van der Waals surface area contributed by atoms with E-state index in [1.807, 2.05) is 0 Å². The standard InChI is InChI=1S/C4H10N3O5P/c1-6(2-4(8)9)7(3-5)13(10,11)12/h3,5H,2H2,1H3,(H,8,9)(H2,10,11,12). The Kier molecular flexibility index (Phi) is 4.02. The van der Waals surface area contributed by atoms with Crippen molar-refractivity contribution in [1.82, 2.24) is 9.79 Å². The molecule has 9 heteroatoms. The van der Waals surface area contributed by atoms with Crippen LogP contribution in [0.4, 0.5) is 0 Å². The smallest absolute Gasteiger partial charge is 0.445 e. The van der Waals surface area contributed by atoms with Gasteiger partial charge in [0.05, 0.1) is 0 Å². The third-order valence-corrected chi connectivity index (χ3v) is 2.05. The number of aliphatic carboxylic acids is 1. The molecular weight excluding hydrogens is 201 g/mol. The highest BCUT2D eigenvalue weighted by atomic mass is 31.2. The van der Waals surface area contributed by atoms with Gasteiger partial charge in [-0.05, 0) is 0 Å². The van der Waals surface area contributed by atoms with Crippen LogP contribution in [-0.2, 0) is 9.36 Å². The van der Waals surface area contributed by atoms with Crippen LogP contribution in [0, 0.1) is 5.41 Å². The summed E-state index contributed by atoms with van der Waals surface area (Å²) in [4.78, 5) is 27.4. The lowest BCUT2D eigenvalue weighted by atomic mass is 10.6. The zero-order valence-electron chi connectivity index (χ0n) is 6.78. The van der Waals surface area contributed by atoms with Crippen molar-refractivity contribution in [1.29, 1.82) is 5.41 Å². The normalized spacial score (nSPS) is 11.4. The minimum Gasteiger partial charge on any atom is -0.480 e. The molecule has 0 saturated heterocycles. The maximum absolute atomic E-state index is 10.6. The lowest BCUT2D eigenvalue weighted by molar-refractivity contribution is -0.139. The molecule has 8 nitrogen and oxygen atoms in total. The average molecular weight is 211 g/mol. The predicted molar refractivity (Wildman–Crippen MR) is 42.9 cm³/mol. The molecule has 0 aromatic carbocycles. The van der Waals surface area contributed by atoms with E-state index in [0.29, 0.717) is 6.34 Å². The third-order valence-electron chi connectivity index (χ3n) is 1.10. The minimum atomic E-state index is -4.64. The van der Waals surface area contributed by atoms with E-state index >= 15 is 0 Å². The van der Waals surface area contributed by atoms with Crippen molar-refractivity contribution in [2.45, 2.75) is 0 Å². The number of hydrogen-bond acceptors (Lipinski definition) is 4. The highest BCUT2D eigenvalue weighted by Crippen LogP contribution is 2.39. The highest BCUT2D eigenvalue weighted by Gasteiger charge is 2.27. The molecule has 0 spiro atoms. The van der Waals surface area contributed by atoms with Gasteiger partial charge >= 0.3 is 13.7 Å². The van der Waals surface area contributed by atoms with Crippen LogP contribution >= 0.6 is 7.75 Å². The Hall–Kier alpha value is -0.950. The summed E-state index contributed by atoms with van der Waals surface area (Å²) in [6.45, 7) is -0.597. The maximum Gasteiger partial charge on any atom is 0.445 e. The van der Waals surface area contributed by atoms with Gasteiger partial charge in [-0.15, -0.1) is 0 Å². The highest BCUT2D eigenvalue weighted by molar-refractivity contribution is 7.49. The summed E-state index contributed by atoms with van der Waals surface area (Å²) in [6.07, 6.45) is 0.365. The molecule has 0 aliphatic rings. The summed E-state index contributed by atoms with van der Waals surface area (Å²) in [5.74, 6) is -1.25. The number of carboxylic acids is 1. The summed E-state index contributed by atoms with van der Waals surface area (Å²) in [5, 5.41) is 15.7. The first-order chi connectivity index (χ1) is 5.79. The van der Waals surface area contributed by atoms with Crippen LogP contribution in [0.2, 0.25) is 0 Å². The van der Waals surface area contributed by atoms with Crippen LogP contribution in [-0.4, -0.2) is 50.6 Å². The van der Waals surface area contributed by atoms with Crippen LogP contribution < -0.4 is 0 Å². The molecule has 0 aliphatic carbocycles. The van der Waals surface area contributed by atoms with Gasteiger partial charge in [-0.3, -0.25) is 10.2 Å². The molecule has 0 bridgehead atoms. The molecule has 0 amide bonds. The molecule has 0 heterocycles. The first-order valence-corrected chi connectivity index (χ1v) is 4.64. The van der Waals surface area contributed by atoms with Crippen LogP contribution in [0.5, 0.6) is 0 Å². The zero-order chi connectivity index (χ0) is 10.6. The van der Waals surface area contributed by atoms with Gasteiger partial charge in [0.2, 0.25) is 0 Å². The lowest BCUT2D eigenvalue weighted by Crippen LogP contribution is -2.39. The number of nitrogens with one attached hydrogen (secondary N) is 1. The fourth-order valence-electron chi connectivity index (χ4n) is 0.641. The van der Waals surface area contributed by atoms with Crippen molar-refractivity contribution < 1.29 is 24.3 Å². The van der Waals surface area contributed by atoms with E-state index in [4.69, 9.17) is 20.3 Å². The van der Waals surface area contributed by atoms with Crippen LogP contribution in [0.3, 0.4) is 0 Å². The molecule has 0 rings (SSSR count). The Balaban J connectivity index is 4.50. The van der Waals surface area contributed by atoms with Gasteiger partial charge in [0, 0.05) is 7.05 Å². The number of carbonyl (C=O) groups is 1. The number of likely N-dealkylation sites (N-methyl/N-ethyl adjacent to an activating group) is 1. The van der Waals surface area contributed by atoms with E-state index in [2.05, 4.69) is 0 Å². The van der Waals surface area contributed by atoms with E-state index in [0.717, 1.165) is 12.1 Å². The summed E-state index contributed by atoms with van der Waals surface area (Å²) < 4.78 is 10.9. The zero-order valence-corrected chi connectivity index (χ0v) is 7.68. The Bertz CT molecular complexity index is 250. The second kappa shape index (κ2) is 4.33. The fourth-order valence-corrected chi connectivity index (χ4v) is 1.25. The lowest BCUT2D eigenvalue weighted by Gasteiger charge is -2.27. The van der Waals surface area contributed by atoms with Crippen molar-refractivity contribution in [3.8, 4) is 0 Å². The molecule has 0 radical (unpaired) electrons. The quantitative estimate of drug-likeness (QED) is 0.197. The first kappa shape index (κ1) is 12.0. The van der Waals surface area contributed by atoms with Gasteiger partial charge < -0.3 is 14.9 Å². The Morgan fingerprint density at radius 2 is 2.08 bits per heavy atom. The summed E-state index contributed by atoms with van der Waals surface area (Å²) >= 11 is 0. The molecule has 0 aromatic rings. The van der Waals surface area contributed by atoms with Crippen LogP contribution in [0.15, 0.2) is 0 Å². The van der Waals surface area contributed by atoms with E-state index in [-0.39, 0.29) is 4.78 Å². The first-order valence-electron chi connectivity index (χ1n) is 3.07. The number of rotatable bonds is 5. The molecule has 0 aliphatic heterocycles. The summed E-state index contributed by atoms with van der Waals surface area (Å²) in [7, 11) is -3.48. The van der Waals surface area contributed by atoms with E-state index in [1.165, 1.54) is 0 Å². The van der Waals surface area contributed by atoms with Gasteiger partial charge in [-0.2, -0.15) is 4.78 Å². The molecule has 13 heavy (non-hydrogen) atoms. The minimum absolute atomic E-state index is 0.237. The van der Waals surface area contributed by atoms with Crippen molar-refractivity contribution in [3.63, 3.8) is 0 Å². The molecule has 0 aromatic heterocycles. The number of hydrazine groups is 1. The number of carboxylic acid groups (broad SMARTS) is 1. The third kappa shape index (κ3) is 4.00. The average Bonchev–Trinajstić information content (AvgIpc) is 1.82. The Morgan fingerprint density at radius 3 is 2.31 bits per heavy atom. The molecule has 0 unspecified atom stereocenters. The van der Waals surface area contributed by atoms with Crippen molar-refractivity contribution in [2.75, 3.05) is 13.6 Å². The topological polar surface area (TPSA) is 125 Å². The van der Waals surface area contributed by atoms with Gasteiger partial charge in [0.25, 0.3) is 0 Å². The monoisotopic (exact) mass is 211 g/mol. The van der Waals surface area contributed by atoms with Crippen molar-refractivity contribution in [2.24, 2.45) is 0 Å². The molecule has 0 fully saturated rings. The fraction of sp³-hybridized carbons (Fsp3) is 0.500. The van der Waals surface area contributed by atoms with Crippen LogP contribution in [0.25, 0.3) is 0 Å². The number of nitrogens with zero attached hydrogens (tertiary/aromatic N) is 2. The molecule has 76 valence electrons. The van der Waals surface area contributed by atoms with Gasteiger partial charge in [0.1, 0.15) is 12.9 Å². The predicted octanol–water partition coefficient (Wildman–Crippen LogP) is -1.08. The molecule has 0 saturated carbocycles. The molecule has 4 N–H and O–H groups in total. The second-order valence-corrected chi connectivity index (χ2v) is 3.61. The van der Waals surface area contributed by atoms with Crippen molar-refractivity contribution >= 4 is 20.1 Å². The second-order valence-electron chi connectivity index (χ2n) is 2.17. The SMILES string of the molecule is CN(CC(=O)O)N(C=N)P(=O)(O)O. The van der Waals surface area contributed by atoms with Gasteiger partial charge in [-0.1, -0.05) is 0 Å². The summed E-state index contributed by atoms with van der Waals surface area (Å²) in [6, 6.07) is 0. The Labute approximate surface area is 74.1 Å². The maximum atomic E-state index is 10.6. The summed E-state index contributed by atoms with van der Waals surface area (Å²) in [5.41, 5.74) is 0. The van der Waals surface area contributed by atoms with E-state index < -0.39 is 20.3 Å². The van der Waals surface area contributed by atoms with E-state index in [1.54, 1.807) is 0 Å². The van der Waals surface area contributed by atoms with Crippen molar-refractivity contribution in [3.05, 3.63) is 0 Å². The van der Waals surface area contributed by atoms with Gasteiger partial charge in [-0.25, -0.2) is 9.57 Å². The molecular formula is C4H10N3O5P. The largest absolute Gasteiger partial charge is 0.480 e. The van der Waals surface area contributed by atoms with E-state index in [9.17, 15) is 9.36 Å². The van der Waals surface area contributed by atoms with Crippen LogP contribution in [0.1, 0.15) is 0 Å². The number of hydrogen-bond donors (Lipinski definition) is 4. The van der Waals surface area contributed by atoms with Gasteiger partial charge in [0.15, 0.2) is 0 Å². The molecule has 0 atom stereocenters. The Morgan fingerprint density at radius 1 is 1.62 bits per heavy atom.